The van der Waals surface area contributed by atoms with Crippen LogP contribution in [0, 0.1) is 0 Å². The second-order valence-corrected chi connectivity index (χ2v) is 7.86. The maximum atomic E-state index is 11.4. The summed E-state index contributed by atoms with van der Waals surface area (Å²) in [4.78, 5) is 8.64. The highest BCUT2D eigenvalue weighted by Crippen LogP contribution is 2.21. The molecule has 2 aliphatic rings. The number of rotatable bonds is 4. The number of anilines is 2. The molecule has 1 aromatic rings. The first kappa shape index (κ1) is 13.6. The van der Waals surface area contributed by atoms with Gasteiger partial charge in [0, 0.05) is 18.3 Å². The summed E-state index contributed by atoms with van der Waals surface area (Å²) in [7, 11) is -2.87. The smallest absolute Gasteiger partial charge is 0.224 e. The van der Waals surface area contributed by atoms with Crippen LogP contribution in [0.5, 0.6) is 0 Å². The van der Waals surface area contributed by atoms with E-state index in [-0.39, 0.29) is 17.5 Å². The Morgan fingerprint density at radius 1 is 1.10 bits per heavy atom. The van der Waals surface area contributed by atoms with Gasteiger partial charge in [-0.1, -0.05) is 12.8 Å². The zero-order chi connectivity index (χ0) is 14.0. The van der Waals surface area contributed by atoms with E-state index in [1.807, 2.05) is 0 Å². The van der Waals surface area contributed by atoms with Gasteiger partial charge in [0.2, 0.25) is 5.95 Å². The normalized spacial score (nSPS) is 25.7. The van der Waals surface area contributed by atoms with Crippen molar-refractivity contribution in [2.45, 2.75) is 44.2 Å². The molecular weight excluding hydrogens is 276 g/mol. The molecule has 2 heterocycles. The Bertz CT molecular complexity index is 569. The molecule has 1 unspecified atom stereocenters. The average molecular weight is 296 g/mol. The summed E-state index contributed by atoms with van der Waals surface area (Å²) >= 11 is 0. The minimum Gasteiger partial charge on any atom is -0.366 e. The van der Waals surface area contributed by atoms with E-state index in [0.29, 0.717) is 24.2 Å². The summed E-state index contributed by atoms with van der Waals surface area (Å²) in [5.41, 5.74) is 0. The lowest BCUT2D eigenvalue weighted by atomic mass is 10.2. The fourth-order valence-electron chi connectivity index (χ4n) is 2.88. The number of hydrogen-bond donors (Lipinski definition) is 2. The van der Waals surface area contributed by atoms with Gasteiger partial charge in [0.25, 0.3) is 0 Å². The second-order valence-electron chi connectivity index (χ2n) is 5.64. The van der Waals surface area contributed by atoms with Crippen molar-refractivity contribution >= 4 is 21.6 Å². The lowest BCUT2D eigenvalue weighted by molar-refractivity contribution is 0.602. The van der Waals surface area contributed by atoms with Gasteiger partial charge in [0.15, 0.2) is 9.84 Å². The molecule has 0 radical (unpaired) electrons. The van der Waals surface area contributed by atoms with Gasteiger partial charge in [-0.3, -0.25) is 0 Å². The summed E-state index contributed by atoms with van der Waals surface area (Å²) in [6.45, 7) is 0. The maximum absolute atomic E-state index is 11.4. The van der Waals surface area contributed by atoms with Crippen LogP contribution >= 0.6 is 0 Å². The lowest BCUT2D eigenvalue weighted by Crippen LogP contribution is -2.22. The highest BCUT2D eigenvalue weighted by Gasteiger charge is 2.28. The molecule has 6 nitrogen and oxygen atoms in total. The van der Waals surface area contributed by atoms with Crippen molar-refractivity contribution in [1.82, 2.24) is 9.97 Å². The average Bonchev–Trinajstić information content (AvgIpc) is 3.00. The molecule has 7 heteroatoms. The van der Waals surface area contributed by atoms with Crippen molar-refractivity contribution in [3.63, 3.8) is 0 Å². The number of nitrogens with one attached hydrogen (secondary N) is 2. The summed E-state index contributed by atoms with van der Waals surface area (Å²) in [6.07, 6.45) is 7.21. The van der Waals surface area contributed by atoms with Gasteiger partial charge in [-0.05, 0) is 25.3 Å². The molecule has 0 amide bonds. The summed E-state index contributed by atoms with van der Waals surface area (Å²) in [5.74, 6) is 1.79. The first-order valence-electron chi connectivity index (χ1n) is 7.17. The van der Waals surface area contributed by atoms with Crippen molar-refractivity contribution in [2.24, 2.45) is 0 Å². The van der Waals surface area contributed by atoms with E-state index >= 15 is 0 Å². The Morgan fingerprint density at radius 2 is 1.90 bits per heavy atom. The summed E-state index contributed by atoms with van der Waals surface area (Å²) < 4.78 is 22.9. The van der Waals surface area contributed by atoms with Crippen LogP contribution in [0.25, 0.3) is 0 Å². The topological polar surface area (TPSA) is 84.0 Å². The molecule has 1 aliphatic heterocycles. The first-order valence-corrected chi connectivity index (χ1v) is 8.99. The van der Waals surface area contributed by atoms with E-state index in [1.54, 1.807) is 12.3 Å². The third-order valence-corrected chi connectivity index (χ3v) is 5.70. The maximum Gasteiger partial charge on any atom is 0.224 e. The molecule has 2 fully saturated rings. The van der Waals surface area contributed by atoms with Crippen LogP contribution in [0.4, 0.5) is 11.8 Å². The number of nitrogens with zero attached hydrogens (tertiary/aromatic N) is 2. The summed E-state index contributed by atoms with van der Waals surface area (Å²) in [5, 5.41) is 6.53. The number of hydrogen-bond acceptors (Lipinski definition) is 6. The minimum atomic E-state index is -2.87. The lowest BCUT2D eigenvalue weighted by Gasteiger charge is -2.14. The van der Waals surface area contributed by atoms with E-state index in [2.05, 4.69) is 20.6 Å². The predicted octanol–water partition coefficient (Wildman–Crippen LogP) is 1.43. The summed E-state index contributed by atoms with van der Waals surface area (Å²) in [6, 6.07) is 2.22. The molecule has 3 rings (SSSR count). The van der Waals surface area contributed by atoms with Crippen LogP contribution in [0.15, 0.2) is 12.3 Å². The van der Waals surface area contributed by atoms with Crippen LogP contribution < -0.4 is 10.6 Å². The highest BCUT2D eigenvalue weighted by molar-refractivity contribution is 7.91. The highest BCUT2D eigenvalue weighted by atomic mass is 32.2. The second kappa shape index (κ2) is 5.55. The van der Waals surface area contributed by atoms with E-state index in [0.717, 1.165) is 0 Å². The quantitative estimate of drug-likeness (QED) is 0.874. The van der Waals surface area contributed by atoms with Crippen molar-refractivity contribution in [2.75, 3.05) is 22.1 Å². The van der Waals surface area contributed by atoms with Gasteiger partial charge in [0.05, 0.1) is 11.5 Å². The molecule has 110 valence electrons. The molecule has 1 saturated carbocycles. The SMILES string of the molecule is O=S1(=O)CCC(Nc2ccnc(NC3CCCC3)n2)C1. The molecule has 20 heavy (non-hydrogen) atoms. The van der Waals surface area contributed by atoms with E-state index < -0.39 is 9.84 Å². The van der Waals surface area contributed by atoms with Crippen LogP contribution in [-0.4, -0.2) is 42.0 Å². The van der Waals surface area contributed by atoms with Gasteiger partial charge in [-0.2, -0.15) is 4.98 Å². The van der Waals surface area contributed by atoms with Crippen LogP contribution in [0.1, 0.15) is 32.1 Å². The molecule has 2 N–H and O–H groups in total. The Balaban J connectivity index is 1.62. The third-order valence-electron chi connectivity index (χ3n) is 3.93. The van der Waals surface area contributed by atoms with E-state index in [9.17, 15) is 8.42 Å². The zero-order valence-corrected chi connectivity index (χ0v) is 12.2. The van der Waals surface area contributed by atoms with Crippen LogP contribution in [-0.2, 0) is 9.84 Å². The molecule has 1 saturated heterocycles. The fourth-order valence-corrected chi connectivity index (χ4v) is 4.55. The fraction of sp³-hybridized carbons (Fsp3) is 0.692. The molecular formula is C13H20N4O2S. The van der Waals surface area contributed by atoms with Crippen LogP contribution in [0.2, 0.25) is 0 Å². The standard InChI is InChI=1S/C13H20N4O2S/c18-20(19)8-6-11(9-20)15-12-5-7-14-13(17-12)16-10-3-1-2-4-10/h5,7,10-11H,1-4,6,8-9H2,(H2,14,15,16,17). The van der Waals surface area contributed by atoms with Crippen molar-refractivity contribution in [1.29, 1.82) is 0 Å². The zero-order valence-electron chi connectivity index (χ0n) is 11.4. The number of sulfone groups is 1. The molecule has 0 spiro atoms. The number of aromatic nitrogens is 2. The molecule has 0 bridgehead atoms. The van der Waals surface area contributed by atoms with Gasteiger partial charge >= 0.3 is 0 Å². The largest absolute Gasteiger partial charge is 0.366 e. The Labute approximate surface area is 119 Å². The van der Waals surface area contributed by atoms with Crippen molar-refractivity contribution < 1.29 is 8.42 Å². The van der Waals surface area contributed by atoms with Gasteiger partial charge in [-0.15, -0.1) is 0 Å². The molecule has 1 atom stereocenters. The Morgan fingerprint density at radius 3 is 2.60 bits per heavy atom. The Hall–Kier alpha value is -1.37. The van der Waals surface area contributed by atoms with Crippen molar-refractivity contribution in [3.8, 4) is 0 Å². The molecule has 1 aromatic heterocycles. The molecule has 0 aromatic carbocycles. The Kier molecular flexibility index (Phi) is 3.78. The van der Waals surface area contributed by atoms with E-state index in [1.165, 1.54) is 25.7 Å². The molecule has 1 aliphatic carbocycles. The predicted molar refractivity (Wildman–Crippen MR) is 78.6 cm³/mol. The van der Waals surface area contributed by atoms with E-state index in [4.69, 9.17) is 0 Å². The van der Waals surface area contributed by atoms with Crippen LogP contribution in [0.3, 0.4) is 0 Å². The van der Waals surface area contributed by atoms with Gasteiger partial charge in [0.1, 0.15) is 5.82 Å². The first-order chi connectivity index (χ1) is 9.61. The van der Waals surface area contributed by atoms with Crippen molar-refractivity contribution in [3.05, 3.63) is 12.3 Å². The monoisotopic (exact) mass is 296 g/mol. The third kappa shape index (κ3) is 3.39. The van der Waals surface area contributed by atoms with Gasteiger partial charge < -0.3 is 10.6 Å². The van der Waals surface area contributed by atoms with Gasteiger partial charge in [-0.25, -0.2) is 13.4 Å². The minimum absolute atomic E-state index is 0.0331.